The minimum atomic E-state index is -0.635. The molecule has 0 saturated heterocycles. The van der Waals surface area contributed by atoms with E-state index < -0.39 is 11.5 Å². The summed E-state index contributed by atoms with van der Waals surface area (Å²) in [5, 5.41) is 14.1. The van der Waals surface area contributed by atoms with Gasteiger partial charge in [-0.25, -0.2) is 4.98 Å². The lowest BCUT2D eigenvalue weighted by molar-refractivity contribution is -0.124. The Labute approximate surface area is 92.9 Å². The molecule has 1 rings (SSSR count). The summed E-state index contributed by atoms with van der Waals surface area (Å²) < 4.78 is 0. The highest BCUT2D eigenvalue weighted by Gasteiger charge is 2.27. The fraction of sp³-hybridized carbons (Fsp3) is 0.500. The zero-order valence-electron chi connectivity index (χ0n) is 8.94. The van der Waals surface area contributed by atoms with Crippen LogP contribution in [0.5, 0.6) is 0 Å². The maximum Gasteiger partial charge on any atom is 0.237 e. The van der Waals surface area contributed by atoms with Crippen molar-refractivity contribution in [1.29, 1.82) is 5.26 Å². The van der Waals surface area contributed by atoms with Crippen molar-refractivity contribution in [1.82, 2.24) is 10.3 Å². The molecule has 0 bridgehead atoms. The topological polar surface area (TPSA) is 65.8 Å². The molecule has 0 radical (unpaired) electrons. The summed E-state index contributed by atoms with van der Waals surface area (Å²) in [5.41, 5.74) is -0.518. The maximum absolute atomic E-state index is 11.5. The third kappa shape index (κ3) is 2.77. The Hall–Kier alpha value is -1.41. The van der Waals surface area contributed by atoms with Crippen LogP contribution in [0.25, 0.3) is 0 Å². The quantitative estimate of drug-likeness (QED) is 0.847. The van der Waals surface area contributed by atoms with Crippen molar-refractivity contribution in [3.05, 3.63) is 16.6 Å². The summed E-state index contributed by atoms with van der Waals surface area (Å²) in [6, 6.07) is 1.90. The fourth-order valence-corrected chi connectivity index (χ4v) is 1.78. The SMILES string of the molecule is CC(C#N)C(=O)NC(C)(C)c1nccs1. The van der Waals surface area contributed by atoms with E-state index in [2.05, 4.69) is 10.3 Å². The molecule has 1 aromatic rings. The molecule has 5 heteroatoms. The predicted octanol–water partition coefficient (Wildman–Crippen LogP) is 1.65. The molecule has 1 atom stereocenters. The Morgan fingerprint density at radius 3 is 2.87 bits per heavy atom. The van der Waals surface area contributed by atoms with Gasteiger partial charge in [0.2, 0.25) is 5.91 Å². The lowest BCUT2D eigenvalue weighted by Crippen LogP contribution is -2.43. The summed E-state index contributed by atoms with van der Waals surface area (Å²) in [7, 11) is 0. The Morgan fingerprint density at radius 2 is 2.40 bits per heavy atom. The Morgan fingerprint density at radius 1 is 1.73 bits per heavy atom. The second-order valence-electron chi connectivity index (χ2n) is 3.80. The number of nitrogens with zero attached hydrogens (tertiary/aromatic N) is 2. The van der Waals surface area contributed by atoms with Crippen molar-refractivity contribution in [2.75, 3.05) is 0 Å². The van der Waals surface area contributed by atoms with Gasteiger partial charge in [0.1, 0.15) is 10.9 Å². The Balaban J connectivity index is 2.74. The molecule has 4 nitrogen and oxygen atoms in total. The molecular weight excluding hydrogens is 210 g/mol. The average molecular weight is 223 g/mol. The molecule has 1 unspecified atom stereocenters. The molecule has 1 heterocycles. The third-order valence-corrected chi connectivity index (χ3v) is 3.09. The lowest BCUT2D eigenvalue weighted by atomic mass is 10.0. The molecule has 0 aromatic carbocycles. The van der Waals surface area contributed by atoms with E-state index in [0.717, 1.165) is 5.01 Å². The number of hydrogen-bond donors (Lipinski definition) is 1. The molecule has 0 spiro atoms. The van der Waals surface area contributed by atoms with Gasteiger partial charge < -0.3 is 5.32 Å². The first kappa shape index (κ1) is 11.7. The number of rotatable bonds is 3. The molecule has 0 aliphatic heterocycles. The van der Waals surface area contributed by atoms with Crippen LogP contribution in [0.2, 0.25) is 0 Å². The summed E-state index contributed by atoms with van der Waals surface area (Å²) in [6.45, 7) is 5.31. The van der Waals surface area contributed by atoms with Gasteiger partial charge in [0.05, 0.1) is 11.6 Å². The predicted molar refractivity (Wildman–Crippen MR) is 58.1 cm³/mol. The molecular formula is C10H13N3OS. The molecule has 0 fully saturated rings. The van der Waals surface area contributed by atoms with Crippen molar-refractivity contribution >= 4 is 17.2 Å². The number of nitrogens with one attached hydrogen (secondary N) is 1. The smallest absolute Gasteiger partial charge is 0.237 e. The molecule has 15 heavy (non-hydrogen) atoms. The molecule has 80 valence electrons. The minimum absolute atomic E-state index is 0.266. The van der Waals surface area contributed by atoms with Gasteiger partial charge in [-0.2, -0.15) is 5.26 Å². The Kier molecular flexibility index (Phi) is 3.43. The third-order valence-electron chi connectivity index (χ3n) is 1.99. The number of hydrogen-bond acceptors (Lipinski definition) is 4. The standard InChI is InChI=1S/C10H13N3OS/c1-7(6-11)8(14)13-10(2,3)9-12-4-5-15-9/h4-5,7H,1-3H3,(H,13,14). The number of aromatic nitrogens is 1. The van der Waals surface area contributed by atoms with E-state index in [-0.39, 0.29) is 5.91 Å². The van der Waals surface area contributed by atoms with Crippen molar-refractivity contribution < 1.29 is 4.79 Å². The first-order chi connectivity index (χ1) is 6.97. The molecule has 0 aliphatic carbocycles. The van der Waals surface area contributed by atoms with Gasteiger partial charge in [-0.15, -0.1) is 11.3 Å². The van der Waals surface area contributed by atoms with Gasteiger partial charge in [0.25, 0.3) is 0 Å². The van der Waals surface area contributed by atoms with Crippen LogP contribution in [0, 0.1) is 17.2 Å². The van der Waals surface area contributed by atoms with Crippen LogP contribution in [0.3, 0.4) is 0 Å². The van der Waals surface area contributed by atoms with Crippen molar-refractivity contribution in [3.8, 4) is 6.07 Å². The van der Waals surface area contributed by atoms with E-state index in [1.807, 2.05) is 25.3 Å². The lowest BCUT2D eigenvalue weighted by Gasteiger charge is -2.24. The Bertz CT molecular complexity index is 378. The number of nitriles is 1. The maximum atomic E-state index is 11.5. The summed E-state index contributed by atoms with van der Waals surface area (Å²) in [6.07, 6.45) is 1.70. The highest BCUT2D eigenvalue weighted by molar-refractivity contribution is 7.09. The van der Waals surface area contributed by atoms with Crippen LogP contribution in [-0.2, 0) is 10.3 Å². The summed E-state index contributed by atoms with van der Waals surface area (Å²) in [4.78, 5) is 15.7. The van der Waals surface area contributed by atoms with Crippen LogP contribution in [0.4, 0.5) is 0 Å². The molecule has 0 saturated carbocycles. The van der Waals surface area contributed by atoms with E-state index in [4.69, 9.17) is 5.26 Å². The van der Waals surface area contributed by atoms with E-state index in [1.165, 1.54) is 11.3 Å². The number of amides is 1. The largest absolute Gasteiger partial charge is 0.344 e. The highest BCUT2D eigenvalue weighted by Crippen LogP contribution is 2.22. The van der Waals surface area contributed by atoms with Gasteiger partial charge in [-0.05, 0) is 20.8 Å². The van der Waals surface area contributed by atoms with Crippen molar-refractivity contribution in [3.63, 3.8) is 0 Å². The van der Waals surface area contributed by atoms with Gasteiger partial charge in [-0.1, -0.05) is 0 Å². The van der Waals surface area contributed by atoms with Crippen LogP contribution in [0.15, 0.2) is 11.6 Å². The van der Waals surface area contributed by atoms with Crippen LogP contribution >= 0.6 is 11.3 Å². The van der Waals surface area contributed by atoms with Crippen LogP contribution in [-0.4, -0.2) is 10.9 Å². The zero-order chi connectivity index (χ0) is 11.5. The van der Waals surface area contributed by atoms with E-state index in [9.17, 15) is 4.79 Å². The second-order valence-corrected chi connectivity index (χ2v) is 4.70. The summed E-state index contributed by atoms with van der Waals surface area (Å²) in [5.74, 6) is -0.901. The number of carbonyl (C=O) groups is 1. The molecule has 0 aliphatic rings. The van der Waals surface area contributed by atoms with Gasteiger partial charge in [0.15, 0.2) is 0 Å². The van der Waals surface area contributed by atoms with Gasteiger partial charge in [-0.3, -0.25) is 4.79 Å². The van der Waals surface area contributed by atoms with E-state index >= 15 is 0 Å². The molecule has 1 amide bonds. The minimum Gasteiger partial charge on any atom is -0.344 e. The zero-order valence-corrected chi connectivity index (χ0v) is 9.76. The fourth-order valence-electron chi connectivity index (χ4n) is 1.06. The van der Waals surface area contributed by atoms with Crippen LogP contribution < -0.4 is 5.32 Å². The summed E-state index contributed by atoms with van der Waals surface area (Å²) >= 11 is 1.48. The monoisotopic (exact) mass is 223 g/mol. The average Bonchev–Trinajstić information content (AvgIpc) is 2.69. The van der Waals surface area contributed by atoms with Gasteiger partial charge >= 0.3 is 0 Å². The van der Waals surface area contributed by atoms with Gasteiger partial charge in [0, 0.05) is 11.6 Å². The normalized spacial score (nSPS) is 12.9. The van der Waals surface area contributed by atoms with E-state index in [0.29, 0.717) is 0 Å². The second kappa shape index (κ2) is 4.41. The first-order valence-electron chi connectivity index (χ1n) is 4.59. The molecule has 1 N–H and O–H groups in total. The van der Waals surface area contributed by atoms with Crippen molar-refractivity contribution in [2.24, 2.45) is 5.92 Å². The van der Waals surface area contributed by atoms with Crippen LogP contribution in [0.1, 0.15) is 25.8 Å². The van der Waals surface area contributed by atoms with Crippen molar-refractivity contribution in [2.45, 2.75) is 26.3 Å². The first-order valence-corrected chi connectivity index (χ1v) is 5.47. The number of carbonyl (C=O) groups excluding carboxylic acids is 1. The highest BCUT2D eigenvalue weighted by atomic mass is 32.1. The molecule has 1 aromatic heterocycles. The number of thiazole rings is 1. The van der Waals surface area contributed by atoms with E-state index in [1.54, 1.807) is 13.1 Å².